The largest absolute Gasteiger partial charge is 0.0856 e. The summed E-state index contributed by atoms with van der Waals surface area (Å²) in [5.74, 6) is 1.02. The topological polar surface area (TPSA) is 0 Å². The smallest absolute Gasteiger partial charge is 0.0294 e. The van der Waals surface area contributed by atoms with Crippen molar-refractivity contribution < 1.29 is 0 Å². The molecule has 0 heterocycles. The van der Waals surface area contributed by atoms with Crippen molar-refractivity contribution in [1.29, 1.82) is 0 Å². The van der Waals surface area contributed by atoms with Crippen molar-refractivity contribution in [3.8, 4) is 0 Å². The molecule has 0 radical (unpaired) electrons. The molecule has 1 rings (SSSR count). The van der Waals surface area contributed by atoms with Gasteiger partial charge >= 0.3 is 0 Å². The van der Waals surface area contributed by atoms with Crippen LogP contribution in [0.2, 0.25) is 0 Å². The Morgan fingerprint density at radius 2 is 2.25 bits per heavy atom. The van der Waals surface area contributed by atoms with E-state index in [0.717, 1.165) is 5.92 Å². The first kappa shape index (κ1) is 9.83. The number of hydrogen-bond donors (Lipinski definition) is 0. The quantitative estimate of drug-likeness (QED) is 0.431. The summed E-state index contributed by atoms with van der Waals surface area (Å²) in [6.45, 7) is 4.57. The lowest BCUT2D eigenvalue weighted by Crippen LogP contribution is -2.05. The standard InChI is InChI=1S/C12H22/c1-3-4-5-8-12-9-6-7-11(2)10-12/h7,12H,3-6,8-10H2,1-2H3. The highest BCUT2D eigenvalue weighted by Crippen LogP contribution is 2.27. The Kier molecular flexibility index (Phi) is 4.42. The molecule has 1 atom stereocenters. The van der Waals surface area contributed by atoms with E-state index in [0.29, 0.717) is 0 Å². The SMILES string of the molecule is CCCCCC1CCC=C(C)C1. The van der Waals surface area contributed by atoms with E-state index in [-0.39, 0.29) is 0 Å². The van der Waals surface area contributed by atoms with Crippen LogP contribution in [0.15, 0.2) is 11.6 Å². The lowest BCUT2D eigenvalue weighted by atomic mass is 9.86. The highest BCUT2D eigenvalue weighted by Gasteiger charge is 2.11. The molecule has 0 fully saturated rings. The molecule has 0 heteroatoms. The minimum Gasteiger partial charge on any atom is -0.0856 e. The van der Waals surface area contributed by atoms with Crippen LogP contribution in [-0.4, -0.2) is 0 Å². The molecule has 0 aromatic rings. The van der Waals surface area contributed by atoms with E-state index in [1.54, 1.807) is 5.57 Å². The maximum absolute atomic E-state index is 2.41. The Morgan fingerprint density at radius 3 is 2.92 bits per heavy atom. The summed E-state index contributed by atoms with van der Waals surface area (Å²) in [6, 6.07) is 0. The molecule has 0 aromatic heterocycles. The average molecular weight is 166 g/mol. The van der Waals surface area contributed by atoms with Crippen molar-refractivity contribution in [3.05, 3.63) is 11.6 Å². The zero-order chi connectivity index (χ0) is 8.81. The first-order valence-electron chi connectivity index (χ1n) is 5.48. The predicted molar refractivity (Wildman–Crippen MR) is 55.2 cm³/mol. The van der Waals surface area contributed by atoms with E-state index in [1.807, 2.05) is 0 Å². The predicted octanol–water partition coefficient (Wildman–Crippen LogP) is 4.31. The molecule has 12 heavy (non-hydrogen) atoms. The van der Waals surface area contributed by atoms with Gasteiger partial charge in [0.25, 0.3) is 0 Å². The van der Waals surface area contributed by atoms with E-state index < -0.39 is 0 Å². The van der Waals surface area contributed by atoms with Crippen molar-refractivity contribution >= 4 is 0 Å². The lowest BCUT2D eigenvalue weighted by Gasteiger charge is -2.20. The molecule has 0 spiro atoms. The molecular weight excluding hydrogens is 144 g/mol. The second-order valence-corrected chi connectivity index (χ2v) is 4.19. The number of hydrogen-bond acceptors (Lipinski definition) is 0. The second-order valence-electron chi connectivity index (χ2n) is 4.19. The van der Waals surface area contributed by atoms with Gasteiger partial charge in [0.15, 0.2) is 0 Å². The monoisotopic (exact) mass is 166 g/mol. The van der Waals surface area contributed by atoms with Crippen LogP contribution in [0.25, 0.3) is 0 Å². The highest BCUT2D eigenvalue weighted by molar-refractivity contribution is 5.03. The van der Waals surface area contributed by atoms with Gasteiger partial charge in [0.05, 0.1) is 0 Å². The molecule has 1 unspecified atom stereocenters. The third kappa shape index (κ3) is 3.42. The Bertz CT molecular complexity index is 144. The first-order valence-corrected chi connectivity index (χ1v) is 5.48. The average Bonchev–Trinajstić information content (AvgIpc) is 2.05. The van der Waals surface area contributed by atoms with Crippen LogP contribution in [0.1, 0.15) is 58.8 Å². The zero-order valence-electron chi connectivity index (χ0n) is 8.60. The van der Waals surface area contributed by atoms with Gasteiger partial charge in [-0.15, -0.1) is 0 Å². The van der Waals surface area contributed by atoms with Crippen molar-refractivity contribution in [2.45, 2.75) is 58.8 Å². The van der Waals surface area contributed by atoms with Gasteiger partial charge in [-0.3, -0.25) is 0 Å². The van der Waals surface area contributed by atoms with E-state index in [4.69, 9.17) is 0 Å². The van der Waals surface area contributed by atoms with Crippen LogP contribution in [0, 0.1) is 5.92 Å². The second kappa shape index (κ2) is 5.40. The fourth-order valence-corrected chi connectivity index (χ4v) is 2.14. The van der Waals surface area contributed by atoms with Gasteiger partial charge in [0, 0.05) is 0 Å². The van der Waals surface area contributed by atoms with Crippen LogP contribution in [-0.2, 0) is 0 Å². The molecule has 70 valence electrons. The highest BCUT2D eigenvalue weighted by atomic mass is 14.2. The summed E-state index contributed by atoms with van der Waals surface area (Å²) in [5, 5.41) is 0. The molecule has 0 aromatic carbocycles. The maximum atomic E-state index is 2.41. The van der Waals surface area contributed by atoms with Gasteiger partial charge in [-0.25, -0.2) is 0 Å². The van der Waals surface area contributed by atoms with E-state index in [2.05, 4.69) is 19.9 Å². The van der Waals surface area contributed by atoms with Crippen LogP contribution >= 0.6 is 0 Å². The molecule has 1 aliphatic rings. The Hall–Kier alpha value is -0.260. The molecule has 0 amide bonds. The van der Waals surface area contributed by atoms with Crippen molar-refractivity contribution in [2.75, 3.05) is 0 Å². The summed E-state index contributed by atoms with van der Waals surface area (Å²) in [4.78, 5) is 0. The van der Waals surface area contributed by atoms with Crippen molar-refractivity contribution in [1.82, 2.24) is 0 Å². The van der Waals surface area contributed by atoms with Crippen LogP contribution in [0.4, 0.5) is 0 Å². The van der Waals surface area contributed by atoms with E-state index in [9.17, 15) is 0 Å². The zero-order valence-corrected chi connectivity index (χ0v) is 8.60. The van der Waals surface area contributed by atoms with Gasteiger partial charge in [-0.2, -0.15) is 0 Å². The number of rotatable bonds is 4. The Morgan fingerprint density at radius 1 is 1.42 bits per heavy atom. The molecular formula is C12H22. The molecule has 0 bridgehead atoms. The van der Waals surface area contributed by atoms with Gasteiger partial charge in [0.2, 0.25) is 0 Å². The molecule has 0 saturated carbocycles. The lowest BCUT2D eigenvalue weighted by molar-refractivity contribution is 0.413. The molecule has 0 nitrogen and oxygen atoms in total. The minimum absolute atomic E-state index is 1.02. The summed E-state index contributed by atoms with van der Waals surface area (Å²) in [7, 11) is 0. The fraction of sp³-hybridized carbons (Fsp3) is 0.833. The van der Waals surface area contributed by atoms with Crippen molar-refractivity contribution in [3.63, 3.8) is 0 Å². The molecule has 1 aliphatic carbocycles. The molecule has 0 aliphatic heterocycles. The van der Waals surface area contributed by atoms with Gasteiger partial charge in [-0.1, -0.05) is 44.3 Å². The minimum atomic E-state index is 1.02. The molecule has 0 saturated heterocycles. The van der Waals surface area contributed by atoms with Crippen molar-refractivity contribution in [2.24, 2.45) is 5.92 Å². The summed E-state index contributed by atoms with van der Waals surface area (Å²) in [5.41, 5.74) is 1.63. The van der Waals surface area contributed by atoms with Crippen LogP contribution in [0.5, 0.6) is 0 Å². The van der Waals surface area contributed by atoms with Gasteiger partial charge in [-0.05, 0) is 32.1 Å². The van der Waals surface area contributed by atoms with Crippen LogP contribution in [0.3, 0.4) is 0 Å². The van der Waals surface area contributed by atoms with Gasteiger partial charge in [0.1, 0.15) is 0 Å². The Balaban J connectivity index is 2.13. The Labute approximate surface area is 77.1 Å². The van der Waals surface area contributed by atoms with E-state index in [1.165, 1.54) is 44.9 Å². The summed E-state index contributed by atoms with van der Waals surface area (Å²) in [6.07, 6.45) is 12.3. The first-order chi connectivity index (χ1) is 5.83. The number of unbranched alkanes of at least 4 members (excludes halogenated alkanes) is 2. The summed E-state index contributed by atoms with van der Waals surface area (Å²) < 4.78 is 0. The van der Waals surface area contributed by atoms with Crippen LogP contribution < -0.4 is 0 Å². The van der Waals surface area contributed by atoms with Gasteiger partial charge < -0.3 is 0 Å². The normalized spacial score (nSPS) is 23.8. The third-order valence-electron chi connectivity index (χ3n) is 2.89. The molecule has 0 N–H and O–H groups in total. The third-order valence-corrected chi connectivity index (χ3v) is 2.89. The summed E-state index contributed by atoms with van der Waals surface area (Å²) >= 11 is 0. The maximum Gasteiger partial charge on any atom is -0.0294 e. The number of allylic oxidation sites excluding steroid dienone is 2. The fourth-order valence-electron chi connectivity index (χ4n) is 2.14. The van der Waals surface area contributed by atoms with E-state index >= 15 is 0 Å².